The van der Waals surface area contributed by atoms with Gasteiger partial charge in [-0.25, -0.2) is 22.0 Å². The van der Waals surface area contributed by atoms with Crippen molar-refractivity contribution in [3.05, 3.63) is 63.9 Å². The van der Waals surface area contributed by atoms with Gasteiger partial charge in [-0.3, -0.25) is 4.79 Å². The molecule has 2 aromatic rings. The quantitative estimate of drug-likeness (QED) is 0.508. The molecule has 0 bridgehead atoms. The monoisotopic (exact) mass is 335 g/mol. The van der Waals surface area contributed by atoms with Crippen molar-refractivity contribution in [1.29, 1.82) is 0 Å². The molecule has 0 unspecified atom stereocenters. The maximum absolute atomic E-state index is 13.4. The van der Waals surface area contributed by atoms with E-state index in [4.69, 9.17) is 11.6 Å². The van der Waals surface area contributed by atoms with E-state index in [2.05, 4.69) is 0 Å². The van der Waals surface area contributed by atoms with Crippen LogP contribution in [-0.2, 0) is 11.2 Å². The minimum Gasteiger partial charge on any atom is -0.321 e. The van der Waals surface area contributed by atoms with Crippen molar-refractivity contribution in [3.63, 3.8) is 0 Å². The summed E-state index contributed by atoms with van der Waals surface area (Å²) in [6.45, 7) is 0. The first kappa shape index (κ1) is 16.2. The Morgan fingerprint density at radius 2 is 1.32 bits per heavy atom. The van der Waals surface area contributed by atoms with Crippen molar-refractivity contribution in [2.45, 2.75) is 6.42 Å². The Labute approximate surface area is 126 Å². The number of hydrogen-bond donors (Lipinski definition) is 1. The SMILES string of the molecule is O=C(Cc1ccc(Cl)cc1)Nc1c(F)c(F)c(F)c(F)c1F. The molecule has 0 aromatic heterocycles. The Bertz CT molecular complexity index is 704. The summed E-state index contributed by atoms with van der Waals surface area (Å²) in [5, 5.41) is 2.10. The molecule has 0 aliphatic rings. The van der Waals surface area contributed by atoms with Gasteiger partial charge in [0.25, 0.3) is 0 Å². The van der Waals surface area contributed by atoms with Gasteiger partial charge < -0.3 is 5.32 Å². The molecule has 22 heavy (non-hydrogen) atoms. The molecule has 0 radical (unpaired) electrons. The molecule has 1 N–H and O–H groups in total. The smallest absolute Gasteiger partial charge is 0.228 e. The Morgan fingerprint density at radius 1 is 0.864 bits per heavy atom. The second-order valence-electron chi connectivity index (χ2n) is 4.30. The van der Waals surface area contributed by atoms with E-state index in [0.29, 0.717) is 10.6 Å². The van der Waals surface area contributed by atoms with Gasteiger partial charge in [0.2, 0.25) is 11.7 Å². The maximum Gasteiger partial charge on any atom is 0.228 e. The number of nitrogens with one attached hydrogen (secondary N) is 1. The highest BCUT2D eigenvalue weighted by Crippen LogP contribution is 2.27. The van der Waals surface area contributed by atoms with Crippen molar-refractivity contribution in [2.75, 3.05) is 5.32 Å². The van der Waals surface area contributed by atoms with Crippen molar-refractivity contribution in [1.82, 2.24) is 0 Å². The van der Waals surface area contributed by atoms with Gasteiger partial charge in [-0.15, -0.1) is 0 Å². The third-order valence-electron chi connectivity index (χ3n) is 2.75. The topological polar surface area (TPSA) is 29.1 Å². The average molecular weight is 336 g/mol. The molecule has 0 aliphatic heterocycles. The highest BCUT2D eigenvalue weighted by molar-refractivity contribution is 6.30. The predicted molar refractivity (Wildman–Crippen MR) is 70.0 cm³/mol. The van der Waals surface area contributed by atoms with Gasteiger partial charge in [0.05, 0.1) is 6.42 Å². The van der Waals surface area contributed by atoms with Crippen molar-refractivity contribution in [3.8, 4) is 0 Å². The lowest BCUT2D eigenvalue weighted by Gasteiger charge is -2.10. The minimum atomic E-state index is -2.29. The molecule has 0 saturated carbocycles. The Hall–Kier alpha value is -2.15. The largest absolute Gasteiger partial charge is 0.321 e. The number of halogens is 6. The zero-order valence-electron chi connectivity index (χ0n) is 10.7. The van der Waals surface area contributed by atoms with Crippen LogP contribution in [0.5, 0.6) is 0 Å². The number of hydrogen-bond acceptors (Lipinski definition) is 1. The first-order chi connectivity index (χ1) is 10.3. The molecule has 0 atom stereocenters. The molecule has 1 amide bonds. The fraction of sp³-hybridized carbons (Fsp3) is 0.0714. The molecule has 0 heterocycles. The van der Waals surface area contributed by atoms with E-state index in [9.17, 15) is 26.7 Å². The molecule has 2 rings (SSSR count). The summed E-state index contributed by atoms with van der Waals surface area (Å²) in [7, 11) is 0. The van der Waals surface area contributed by atoms with Crippen LogP contribution >= 0.6 is 11.6 Å². The van der Waals surface area contributed by atoms with E-state index in [1.165, 1.54) is 24.3 Å². The van der Waals surface area contributed by atoms with Crippen LogP contribution in [0.4, 0.5) is 27.6 Å². The second-order valence-corrected chi connectivity index (χ2v) is 4.73. The van der Waals surface area contributed by atoms with Gasteiger partial charge in [0, 0.05) is 5.02 Å². The summed E-state index contributed by atoms with van der Waals surface area (Å²) in [4.78, 5) is 11.7. The summed E-state index contributed by atoms with van der Waals surface area (Å²) >= 11 is 5.65. The molecular weight excluding hydrogens is 329 g/mol. The van der Waals surface area contributed by atoms with E-state index in [1.54, 1.807) is 5.32 Å². The first-order valence-corrected chi connectivity index (χ1v) is 6.24. The van der Waals surface area contributed by atoms with Crippen molar-refractivity contribution < 1.29 is 26.7 Å². The fourth-order valence-electron chi connectivity index (χ4n) is 1.69. The lowest BCUT2D eigenvalue weighted by molar-refractivity contribution is -0.115. The Morgan fingerprint density at radius 3 is 1.82 bits per heavy atom. The van der Waals surface area contributed by atoms with Crippen LogP contribution < -0.4 is 5.32 Å². The molecule has 0 fully saturated rings. The second kappa shape index (κ2) is 6.31. The molecule has 0 aliphatic carbocycles. The third-order valence-corrected chi connectivity index (χ3v) is 3.00. The predicted octanol–water partition coefficient (Wildman–Crippen LogP) is 4.22. The number of anilines is 1. The van der Waals surface area contributed by atoms with Crippen LogP contribution in [0.1, 0.15) is 5.56 Å². The highest BCUT2D eigenvalue weighted by atomic mass is 35.5. The fourth-order valence-corrected chi connectivity index (χ4v) is 1.81. The highest BCUT2D eigenvalue weighted by Gasteiger charge is 2.26. The third kappa shape index (κ3) is 3.19. The molecule has 0 spiro atoms. The average Bonchev–Trinajstić information content (AvgIpc) is 2.50. The van der Waals surface area contributed by atoms with Crippen molar-refractivity contribution >= 4 is 23.2 Å². The zero-order chi connectivity index (χ0) is 16.4. The van der Waals surface area contributed by atoms with Gasteiger partial charge in [-0.05, 0) is 17.7 Å². The van der Waals surface area contributed by atoms with Gasteiger partial charge in [-0.2, -0.15) is 0 Å². The maximum atomic E-state index is 13.4. The zero-order valence-corrected chi connectivity index (χ0v) is 11.4. The number of benzene rings is 2. The number of rotatable bonds is 3. The molecule has 2 nitrogen and oxygen atoms in total. The normalized spacial score (nSPS) is 10.6. The van der Waals surface area contributed by atoms with Crippen LogP contribution in [0.25, 0.3) is 0 Å². The van der Waals surface area contributed by atoms with Crippen LogP contribution in [0.15, 0.2) is 24.3 Å². The molecule has 8 heteroatoms. The summed E-state index contributed by atoms with van der Waals surface area (Å²) in [5.41, 5.74) is -0.930. The van der Waals surface area contributed by atoms with E-state index in [-0.39, 0.29) is 6.42 Å². The van der Waals surface area contributed by atoms with Crippen LogP contribution in [0, 0.1) is 29.1 Å². The van der Waals surface area contributed by atoms with E-state index < -0.39 is 40.7 Å². The Kier molecular flexibility index (Phi) is 4.65. The Balaban J connectivity index is 2.24. The number of carbonyl (C=O) groups excluding carboxylic acids is 1. The van der Waals surface area contributed by atoms with Crippen LogP contribution in [0.3, 0.4) is 0 Å². The lowest BCUT2D eigenvalue weighted by atomic mass is 10.1. The lowest BCUT2D eigenvalue weighted by Crippen LogP contribution is -2.18. The van der Waals surface area contributed by atoms with Gasteiger partial charge in [0.1, 0.15) is 5.69 Å². The summed E-state index contributed by atoms with van der Waals surface area (Å²) in [6, 6.07) is 5.95. The minimum absolute atomic E-state index is 0.323. The first-order valence-electron chi connectivity index (χ1n) is 5.87. The van der Waals surface area contributed by atoms with E-state index in [1.807, 2.05) is 0 Å². The van der Waals surface area contributed by atoms with E-state index in [0.717, 1.165) is 0 Å². The standard InChI is InChI=1S/C14H7ClF5NO/c15-7-3-1-6(2-4-7)5-8(22)21-14-12(19)10(17)9(16)11(18)13(14)20/h1-4H,5H2,(H,21,22). The summed E-state index contributed by atoms with van der Waals surface area (Å²) < 4.78 is 65.7. The van der Waals surface area contributed by atoms with Gasteiger partial charge >= 0.3 is 0 Å². The number of carbonyl (C=O) groups is 1. The van der Waals surface area contributed by atoms with Crippen LogP contribution in [-0.4, -0.2) is 5.91 Å². The molecule has 116 valence electrons. The van der Waals surface area contributed by atoms with E-state index >= 15 is 0 Å². The molecule has 0 saturated heterocycles. The summed E-state index contributed by atoms with van der Waals surface area (Å²) in [6.07, 6.45) is -0.323. The van der Waals surface area contributed by atoms with Gasteiger partial charge in [0.15, 0.2) is 23.3 Å². The van der Waals surface area contributed by atoms with Gasteiger partial charge in [-0.1, -0.05) is 23.7 Å². The molecular formula is C14H7ClF5NO. The molecule has 2 aromatic carbocycles. The van der Waals surface area contributed by atoms with Crippen molar-refractivity contribution in [2.24, 2.45) is 0 Å². The number of amides is 1. The summed E-state index contributed by atoms with van der Waals surface area (Å²) in [5.74, 6) is -11.7. The van der Waals surface area contributed by atoms with Crippen LogP contribution in [0.2, 0.25) is 5.02 Å².